The molecule has 222 valence electrons. The summed E-state index contributed by atoms with van der Waals surface area (Å²) in [4.78, 5) is 53.6. The van der Waals surface area contributed by atoms with Crippen LogP contribution in [0.5, 0.6) is 0 Å². The minimum absolute atomic E-state index is 0.00601. The highest BCUT2D eigenvalue weighted by molar-refractivity contribution is 6.27. The van der Waals surface area contributed by atoms with Gasteiger partial charge in [-0.2, -0.15) is 0 Å². The topological polar surface area (TPSA) is 122 Å². The Kier molecular flexibility index (Phi) is 12.3. The van der Waals surface area contributed by atoms with Gasteiger partial charge in [-0.1, -0.05) is 43.2 Å². The number of rotatable bonds is 11. The highest BCUT2D eigenvalue weighted by Crippen LogP contribution is 2.33. The number of ketones is 1. The van der Waals surface area contributed by atoms with Crippen LogP contribution < -0.4 is 9.80 Å². The van der Waals surface area contributed by atoms with Crippen LogP contribution in [-0.2, 0) is 14.4 Å². The maximum absolute atomic E-state index is 13.3. The lowest BCUT2D eigenvalue weighted by molar-refractivity contribution is -0.159. The van der Waals surface area contributed by atoms with Crippen molar-refractivity contribution >= 4 is 35.0 Å². The molecule has 1 saturated heterocycles. The number of para-hydroxylation sites is 2. The lowest BCUT2D eigenvalue weighted by atomic mass is 9.86. The zero-order valence-electron chi connectivity index (χ0n) is 24.1. The Balaban J connectivity index is 0.000000696. The van der Waals surface area contributed by atoms with Gasteiger partial charge in [-0.15, -0.1) is 0 Å². The molecule has 2 heterocycles. The third-order valence-electron chi connectivity index (χ3n) is 7.47. The van der Waals surface area contributed by atoms with Crippen LogP contribution in [-0.4, -0.2) is 104 Å². The summed E-state index contributed by atoms with van der Waals surface area (Å²) in [5, 5.41) is 14.8. The number of anilines is 2. The minimum Gasteiger partial charge on any atom is -0.473 e. The van der Waals surface area contributed by atoms with E-state index >= 15 is 0 Å². The molecule has 0 aliphatic carbocycles. The van der Waals surface area contributed by atoms with Gasteiger partial charge in [0.1, 0.15) is 5.92 Å². The Morgan fingerprint density at radius 2 is 1.44 bits per heavy atom. The predicted octanol–water partition coefficient (Wildman–Crippen LogP) is 3.32. The molecular formula is C31H42N4O6. The molecule has 0 bridgehead atoms. The number of carbonyl (C=O) groups excluding carboxylic acids is 2. The van der Waals surface area contributed by atoms with Gasteiger partial charge >= 0.3 is 11.9 Å². The van der Waals surface area contributed by atoms with E-state index in [1.165, 1.54) is 5.69 Å². The highest BCUT2D eigenvalue weighted by atomic mass is 16.4. The summed E-state index contributed by atoms with van der Waals surface area (Å²) in [5.41, 5.74) is 2.80. The normalized spacial score (nSPS) is 17.2. The molecule has 2 aliphatic rings. The Morgan fingerprint density at radius 1 is 0.805 bits per heavy atom. The molecule has 0 radical (unpaired) electrons. The van der Waals surface area contributed by atoms with Crippen molar-refractivity contribution in [3.8, 4) is 0 Å². The standard InChI is InChI=1S/C29H40N4O2.C2H2O4/c1-30(2)17-11-19-33-27-16-9-8-14-25(27)28(34)26(29(33)35)15-7-4-10-18-31-20-22-32(23-21-31)24-12-5-3-6-13-24;3-1(4)2(5)6/h3,5-6,8-9,12-14,16,26H,4,7,10-11,15,17-23H2,1-2H3;(H,3,4)(H,5,6). The number of carbonyl (C=O) groups is 4. The second kappa shape index (κ2) is 15.9. The molecule has 10 heteroatoms. The van der Waals surface area contributed by atoms with Crippen LogP contribution >= 0.6 is 0 Å². The van der Waals surface area contributed by atoms with Gasteiger partial charge in [-0.05, 0) is 70.7 Å². The number of carboxylic acids is 2. The number of piperazine rings is 1. The Morgan fingerprint density at radius 3 is 2.07 bits per heavy atom. The van der Waals surface area contributed by atoms with Crippen molar-refractivity contribution in [3.05, 3.63) is 60.2 Å². The summed E-state index contributed by atoms with van der Waals surface area (Å²) < 4.78 is 0. The lowest BCUT2D eigenvalue weighted by Gasteiger charge is -2.36. The first-order valence-corrected chi connectivity index (χ1v) is 14.3. The smallest absolute Gasteiger partial charge is 0.414 e. The summed E-state index contributed by atoms with van der Waals surface area (Å²) in [6, 6.07) is 18.2. The number of hydrogen-bond acceptors (Lipinski definition) is 7. The fourth-order valence-corrected chi connectivity index (χ4v) is 5.28. The van der Waals surface area contributed by atoms with E-state index in [0.29, 0.717) is 18.5 Å². The van der Waals surface area contributed by atoms with Crippen LogP contribution in [0.3, 0.4) is 0 Å². The summed E-state index contributed by atoms with van der Waals surface area (Å²) in [6.07, 6.45) is 4.63. The first-order valence-electron chi connectivity index (χ1n) is 14.3. The molecule has 10 nitrogen and oxygen atoms in total. The van der Waals surface area contributed by atoms with E-state index in [1.807, 2.05) is 43.3 Å². The van der Waals surface area contributed by atoms with Crippen LogP contribution in [0.25, 0.3) is 0 Å². The molecular weight excluding hydrogens is 524 g/mol. The van der Waals surface area contributed by atoms with E-state index in [0.717, 1.165) is 70.6 Å². The van der Waals surface area contributed by atoms with Gasteiger partial charge in [0.25, 0.3) is 0 Å². The molecule has 0 spiro atoms. The number of unbranched alkanes of at least 4 members (excludes halogenated alkanes) is 2. The fourth-order valence-electron chi connectivity index (χ4n) is 5.28. The van der Waals surface area contributed by atoms with E-state index in [2.05, 4.69) is 45.0 Å². The highest BCUT2D eigenvalue weighted by Gasteiger charge is 2.38. The second-order valence-corrected chi connectivity index (χ2v) is 10.7. The molecule has 1 fully saturated rings. The van der Waals surface area contributed by atoms with Crippen molar-refractivity contribution in [2.24, 2.45) is 5.92 Å². The zero-order valence-corrected chi connectivity index (χ0v) is 24.1. The van der Waals surface area contributed by atoms with Gasteiger partial charge in [0, 0.05) is 44.0 Å². The summed E-state index contributed by atoms with van der Waals surface area (Å²) in [5.74, 6) is -4.18. The van der Waals surface area contributed by atoms with Gasteiger partial charge < -0.3 is 24.9 Å². The number of aliphatic carboxylic acids is 2. The van der Waals surface area contributed by atoms with E-state index in [-0.39, 0.29) is 11.7 Å². The quantitative estimate of drug-likeness (QED) is 0.240. The van der Waals surface area contributed by atoms with Crippen LogP contribution in [0.15, 0.2) is 54.6 Å². The van der Waals surface area contributed by atoms with Gasteiger partial charge in [-0.25, -0.2) is 9.59 Å². The van der Waals surface area contributed by atoms with E-state index in [9.17, 15) is 9.59 Å². The maximum Gasteiger partial charge on any atom is 0.414 e. The number of hydrogen-bond donors (Lipinski definition) is 2. The number of nitrogens with zero attached hydrogens (tertiary/aromatic N) is 4. The summed E-state index contributed by atoms with van der Waals surface area (Å²) in [6.45, 7) is 6.99. The number of benzene rings is 2. The largest absolute Gasteiger partial charge is 0.473 e. The van der Waals surface area contributed by atoms with Crippen molar-refractivity contribution in [2.75, 3.05) is 69.7 Å². The summed E-state index contributed by atoms with van der Waals surface area (Å²) in [7, 11) is 4.09. The average Bonchev–Trinajstić information content (AvgIpc) is 2.97. The Bertz CT molecular complexity index is 1150. The molecule has 0 saturated carbocycles. The molecule has 4 rings (SSSR count). The number of amides is 1. The van der Waals surface area contributed by atoms with Crippen LogP contribution in [0.2, 0.25) is 0 Å². The zero-order chi connectivity index (χ0) is 29.8. The third-order valence-corrected chi connectivity index (χ3v) is 7.47. The molecule has 2 aromatic carbocycles. The first kappa shape index (κ1) is 31.8. The third kappa shape index (κ3) is 9.40. The van der Waals surface area contributed by atoms with Gasteiger partial charge in [0.05, 0.1) is 5.69 Å². The second-order valence-electron chi connectivity index (χ2n) is 10.7. The molecule has 0 aromatic heterocycles. The molecule has 2 aliphatic heterocycles. The van der Waals surface area contributed by atoms with Gasteiger partial charge in [0.15, 0.2) is 5.78 Å². The minimum atomic E-state index is -1.82. The fraction of sp³-hybridized carbons (Fsp3) is 0.484. The van der Waals surface area contributed by atoms with Crippen molar-refractivity contribution in [3.63, 3.8) is 0 Å². The lowest BCUT2D eigenvalue weighted by Crippen LogP contribution is -2.46. The molecule has 1 atom stereocenters. The molecule has 1 amide bonds. The van der Waals surface area contributed by atoms with Crippen LogP contribution in [0.4, 0.5) is 11.4 Å². The summed E-state index contributed by atoms with van der Waals surface area (Å²) >= 11 is 0. The predicted molar refractivity (Wildman–Crippen MR) is 159 cm³/mol. The maximum atomic E-state index is 13.3. The monoisotopic (exact) mass is 566 g/mol. The Hall–Kier alpha value is -3.76. The first-order chi connectivity index (χ1) is 19.7. The van der Waals surface area contributed by atoms with Crippen molar-refractivity contribution in [1.82, 2.24) is 9.80 Å². The molecule has 2 aromatic rings. The Labute approximate surface area is 242 Å². The van der Waals surface area contributed by atoms with E-state index < -0.39 is 17.9 Å². The molecule has 41 heavy (non-hydrogen) atoms. The van der Waals surface area contributed by atoms with Crippen molar-refractivity contribution in [1.29, 1.82) is 0 Å². The number of fused-ring (bicyclic) bond motifs is 1. The SMILES string of the molecule is CN(C)CCCN1C(=O)C(CCCCCN2CCN(c3ccccc3)CC2)C(=O)c2ccccc21.O=C(O)C(=O)O. The molecule has 1 unspecified atom stereocenters. The van der Waals surface area contributed by atoms with Gasteiger partial charge in [-0.3, -0.25) is 14.5 Å². The average molecular weight is 567 g/mol. The number of Topliss-reactive ketones (excluding diaryl/α,β-unsaturated/α-hetero) is 1. The van der Waals surface area contributed by atoms with Crippen molar-refractivity contribution in [2.45, 2.75) is 32.1 Å². The van der Waals surface area contributed by atoms with Crippen LogP contribution in [0.1, 0.15) is 42.5 Å². The molecule has 2 N–H and O–H groups in total. The van der Waals surface area contributed by atoms with Gasteiger partial charge in [0.2, 0.25) is 5.91 Å². The van der Waals surface area contributed by atoms with Crippen molar-refractivity contribution < 1.29 is 29.4 Å². The number of carboxylic acid groups (broad SMARTS) is 2. The van der Waals surface area contributed by atoms with E-state index in [1.54, 1.807) is 0 Å². The van der Waals surface area contributed by atoms with E-state index in [4.69, 9.17) is 19.8 Å². The van der Waals surface area contributed by atoms with Crippen LogP contribution in [0, 0.1) is 5.92 Å².